The van der Waals surface area contributed by atoms with E-state index in [1.165, 1.54) is 0 Å². The predicted molar refractivity (Wildman–Crippen MR) is 91.7 cm³/mol. The molecule has 5 nitrogen and oxygen atoms in total. The first-order valence-corrected chi connectivity index (χ1v) is 8.33. The molecule has 3 rings (SSSR count). The minimum absolute atomic E-state index is 0.834. The largest absolute Gasteiger partial charge is 0.497 e. The van der Waals surface area contributed by atoms with Gasteiger partial charge in [-0.2, -0.15) is 0 Å². The van der Waals surface area contributed by atoms with Crippen molar-refractivity contribution < 1.29 is 4.74 Å². The van der Waals surface area contributed by atoms with Crippen LogP contribution in [0.3, 0.4) is 0 Å². The molecule has 0 spiro atoms. The number of pyridine rings is 1. The van der Waals surface area contributed by atoms with Crippen molar-refractivity contribution in [3.8, 4) is 17.1 Å². The molecule has 0 saturated carbocycles. The molecule has 2 heterocycles. The molecule has 0 fully saturated rings. The number of hydrogen-bond donors (Lipinski definition) is 0. The van der Waals surface area contributed by atoms with Crippen molar-refractivity contribution in [2.75, 3.05) is 12.9 Å². The second kappa shape index (κ2) is 7.28. The first-order valence-electron chi connectivity index (χ1n) is 7.34. The molecule has 0 aliphatic rings. The lowest BCUT2D eigenvalue weighted by Gasteiger charge is -2.05. The lowest BCUT2D eigenvalue weighted by molar-refractivity contribution is 0.415. The van der Waals surface area contributed by atoms with Gasteiger partial charge in [0.2, 0.25) is 0 Å². The lowest BCUT2D eigenvalue weighted by atomic mass is 10.2. The van der Waals surface area contributed by atoms with Gasteiger partial charge in [0.05, 0.1) is 7.11 Å². The molecule has 0 amide bonds. The highest BCUT2D eigenvalue weighted by molar-refractivity contribution is 7.99. The van der Waals surface area contributed by atoms with Crippen LogP contribution in [0.5, 0.6) is 5.75 Å². The van der Waals surface area contributed by atoms with Gasteiger partial charge >= 0.3 is 0 Å². The number of thioether (sulfide) groups is 1. The minimum atomic E-state index is 0.834. The van der Waals surface area contributed by atoms with E-state index >= 15 is 0 Å². The van der Waals surface area contributed by atoms with Gasteiger partial charge in [0.15, 0.2) is 11.0 Å². The summed E-state index contributed by atoms with van der Waals surface area (Å²) in [5.74, 6) is 2.61. The summed E-state index contributed by atoms with van der Waals surface area (Å²) in [6.45, 7) is 0. The lowest BCUT2D eigenvalue weighted by Crippen LogP contribution is -1.97. The number of rotatable bonds is 6. The smallest absolute Gasteiger partial charge is 0.191 e. The van der Waals surface area contributed by atoms with Crippen LogP contribution in [0.25, 0.3) is 11.4 Å². The van der Waals surface area contributed by atoms with Gasteiger partial charge in [-0.1, -0.05) is 17.8 Å². The molecule has 0 radical (unpaired) electrons. The number of aryl methyl sites for hydroxylation is 1. The van der Waals surface area contributed by atoms with E-state index < -0.39 is 0 Å². The highest BCUT2D eigenvalue weighted by Crippen LogP contribution is 2.24. The van der Waals surface area contributed by atoms with Gasteiger partial charge in [-0.25, -0.2) is 0 Å². The molecular weight excluding hydrogens is 308 g/mol. The molecule has 0 saturated heterocycles. The third-order valence-corrected chi connectivity index (χ3v) is 4.52. The van der Waals surface area contributed by atoms with Crippen LogP contribution in [-0.2, 0) is 13.5 Å². The summed E-state index contributed by atoms with van der Waals surface area (Å²) in [6, 6.07) is 13.8. The fourth-order valence-electron chi connectivity index (χ4n) is 2.22. The molecule has 118 valence electrons. The zero-order chi connectivity index (χ0) is 16.1. The molecule has 3 aromatic rings. The standard InChI is InChI=1S/C17H18N4OS/c1-21-16(13-6-8-15(22-2)9-7-13)19-20-17(21)23-12-10-14-5-3-4-11-18-14/h3-9,11H,10,12H2,1-2H3. The number of aromatic nitrogens is 4. The molecule has 0 N–H and O–H groups in total. The summed E-state index contributed by atoms with van der Waals surface area (Å²) in [5.41, 5.74) is 2.12. The molecule has 23 heavy (non-hydrogen) atoms. The molecule has 6 heteroatoms. The summed E-state index contributed by atoms with van der Waals surface area (Å²) in [5, 5.41) is 9.50. The summed E-state index contributed by atoms with van der Waals surface area (Å²) >= 11 is 1.69. The van der Waals surface area contributed by atoms with E-state index in [4.69, 9.17) is 4.74 Å². The number of benzene rings is 1. The summed E-state index contributed by atoms with van der Waals surface area (Å²) in [6.07, 6.45) is 2.74. The van der Waals surface area contributed by atoms with Crippen molar-refractivity contribution in [3.63, 3.8) is 0 Å². The Bertz CT molecular complexity index is 756. The average Bonchev–Trinajstić information content (AvgIpc) is 2.97. The Labute approximate surface area is 139 Å². The first-order chi connectivity index (χ1) is 11.3. The van der Waals surface area contributed by atoms with Crippen molar-refractivity contribution in [1.29, 1.82) is 0 Å². The number of hydrogen-bond acceptors (Lipinski definition) is 5. The van der Waals surface area contributed by atoms with Crippen molar-refractivity contribution in [1.82, 2.24) is 19.7 Å². The van der Waals surface area contributed by atoms with E-state index in [9.17, 15) is 0 Å². The quantitative estimate of drug-likeness (QED) is 0.651. The summed E-state index contributed by atoms with van der Waals surface area (Å²) in [4.78, 5) is 4.33. The first kappa shape index (κ1) is 15.6. The third kappa shape index (κ3) is 3.71. The van der Waals surface area contributed by atoms with Crippen LogP contribution < -0.4 is 4.74 Å². The van der Waals surface area contributed by atoms with Gasteiger partial charge in [-0.15, -0.1) is 10.2 Å². The van der Waals surface area contributed by atoms with Crippen LogP contribution in [0, 0.1) is 0 Å². The summed E-state index contributed by atoms with van der Waals surface area (Å²) in [7, 11) is 3.65. The molecule has 1 aromatic carbocycles. The van der Waals surface area contributed by atoms with Crippen LogP contribution >= 0.6 is 11.8 Å². The molecule has 0 aliphatic carbocycles. The Hall–Kier alpha value is -2.34. The van der Waals surface area contributed by atoms with E-state index in [1.807, 2.05) is 60.3 Å². The van der Waals surface area contributed by atoms with Crippen molar-refractivity contribution in [2.45, 2.75) is 11.6 Å². The van der Waals surface area contributed by atoms with Gasteiger partial charge in [0.1, 0.15) is 5.75 Å². The molecule has 2 aromatic heterocycles. The van der Waals surface area contributed by atoms with Gasteiger partial charge < -0.3 is 9.30 Å². The van der Waals surface area contributed by atoms with Gasteiger partial charge in [-0.05, 0) is 42.8 Å². The predicted octanol–water partition coefficient (Wildman–Crippen LogP) is 3.22. The maximum atomic E-state index is 5.18. The van der Waals surface area contributed by atoms with Gasteiger partial charge in [0.25, 0.3) is 0 Å². The highest BCUT2D eigenvalue weighted by Gasteiger charge is 2.11. The molecular formula is C17H18N4OS. The maximum Gasteiger partial charge on any atom is 0.191 e. The fourth-order valence-corrected chi connectivity index (χ4v) is 3.10. The maximum absolute atomic E-state index is 5.18. The number of methoxy groups -OCH3 is 1. The molecule has 0 unspecified atom stereocenters. The van der Waals surface area contributed by atoms with E-state index in [1.54, 1.807) is 18.9 Å². The topological polar surface area (TPSA) is 52.8 Å². The van der Waals surface area contributed by atoms with E-state index in [0.717, 1.165) is 40.2 Å². The second-order valence-electron chi connectivity index (χ2n) is 5.01. The monoisotopic (exact) mass is 326 g/mol. The van der Waals surface area contributed by atoms with Crippen LogP contribution in [0.4, 0.5) is 0 Å². The Kier molecular flexibility index (Phi) is 4.92. The Morgan fingerprint density at radius 3 is 2.61 bits per heavy atom. The Morgan fingerprint density at radius 1 is 1.09 bits per heavy atom. The Morgan fingerprint density at radius 2 is 1.91 bits per heavy atom. The van der Waals surface area contributed by atoms with Crippen molar-refractivity contribution >= 4 is 11.8 Å². The van der Waals surface area contributed by atoms with E-state index in [0.29, 0.717) is 0 Å². The average molecular weight is 326 g/mol. The Balaban J connectivity index is 1.66. The van der Waals surface area contributed by atoms with Crippen LogP contribution in [0.1, 0.15) is 5.69 Å². The molecule has 0 atom stereocenters. The number of ether oxygens (including phenoxy) is 1. The third-order valence-electron chi connectivity index (χ3n) is 3.50. The second-order valence-corrected chi connectivity index (χ2v) is 6.08. The van der Waals surface area contributed by atoms with Crippen molar-refractivity contribution in [3.05, 3.63) is 54.4 Å². The van der Waals surface area contributed by atoms with Crippen molar-refractivity contribution in [2.24, 2.45) is 7.05 Å². The molecule has 0 bridgehead atoms. The minimum Gasteiger partial charge on any atom is -0.497 e. The van der Waals surface area contributed by atoms with Gasteiger partial charge in [-0.3, -0.25) is 4.98 Å². The highest BCUT2D eigenvalue weighted by atomic mass is 32.2. The van der Waals surface area contributed by atoms with Gasteiger partial charge in [0, 0.05) is 30.3 Å². The normalized spacial score (nSPS) is 10.7. The van der Waals surface area contributed by atoms with E-state index in [-0.39, 0.29) is 0 Å². The molecule has 0 aliphatic heterocycles. The number of nitrogens with zero attached hydrogens (tertiary/aromatic N) is 4. The fraction of sp³-hybridized carbons (Fsp3) is 0.235. The summed E-state index contributed by atoms with van der Waals surface area (Å²) < 4.78 is 7.20. The SMILES string of the molecule is COc1ccc(-c2nnc(SCCc3ccccn3)n2C)cc1. The zero-order valence-electron chi connectivity index (χ0n) is 13.1. The van der Waals surface area contributed by atoms with Crippen LogP contribution in [0.15, 0.2) is 53.8 Å². The zero-order valence-corrected chi connectivity index (χ0v) is 14.0. The van der Waals surface area contributed by atoms with E-state index in [2.05, 4.69) is 15.2 Å². The van der Waals surface area contributed by atoms with Crippen LogP contribution in [-0.4, -0.2) is 32.6 Å². The van der Waals surface area contributed by atoms with Crippen LogP contribution in [0.2, 0.25) is 0 Å².